The van der Waals surface area contributed by atoms with Gasteiger partial charge in [0.15, 0.2) is 0 Å². The summed E-state index contributed by atoms with van der Waals surface area (Å²) < 4.78 is 4.55. The summed E-state index contributed by atoms with van der Waals surface area (Å²) >= 11 is 0. The Morgan fingerprint density at radius 3 is 2.82 bits per heavy atom. The fraction of sp³-hybridized carbons (Fsp3) is 0.200. The third-order valence-electron chi connectivity index (χ3n) is 2.55. The van der Waals surface area contributed by atoms with E-state index >= 15 is 0 Å². The molecule has 1 N–H and O–H groups in total. The molecular formula is C10H8N2O5. The molecule has 0 atom stereocenters. The SMILES string of the molecule is COC(=O)c1ccc([N+](=O)[O-])c2c1CNC2=O. The van der Waals surface area contributed by atoms with Crippen molar-refractivity contribution in [2.75, 3.05) is 7.11 Å². The van der Waals surface area contributed by atoms with Crippen molar-refractivity contribution in [1.82, 2.24) is 5.32 Å². The van der Waals surface area contributed by atoms with E-state index in [1.165, 1.54) is 13.2 Å². The van der Waals surface area contributed by atoms with Crippen LogP contribution in [-0.2, 0) is 11.3 Å². The van der Waals surface area contributed by atoms with Gasteiger partial charge in [0, 0.05) is 18.2 Å². The Balaban J connectivity index is 2.67. The number of methoxy groups -OCH3 is 1. The molecule has 0 aliphatic carbocycles. The number of fused-ring (bicyclic) bond motifs is 1. The summed E-state index contributed by atoms with van der Waals surface area (Å²) in [5.74, 6) is -1.16. The normalized spacial score (nSPS) is 12.9. The molecule has 0 spiro atoms. The molecular weight excluding hydrogens is 228 g/mol. The lowest BCUT2D eigenvalue weighted by Crippen LogP contribution is -2.13. The molecule has 17 heavy (non-hydrogen) atoms. The van der Waals surface area contributed by atoms with Gasteiger partial charge in [-0.15, -0.1) is 0 Å². The molecule has 1 aliphatic heterocycles. The number of nitro benzene ring substituents is 1. The van der Waals surface area contributed by atoms with Crippen LogP contribution in [0.4, 0.5) is 5.69 Å². The predicted molar refractivity (Wildman–Crippen MR) is 55.6 cm³/mol. The number of rotatable bonds is 2. The number of esters is 1. The van der Waals surface area contributed by atoms with Gasteiger partial charge in [-0.2, -0.15) is 0 Å². The number of carbonyl (C=O) groups excluding carboxylic acids is 2. The summed E-state index contributed by atoms with van der Waals surface area (Å²) in [4.78, 5) is 33.0. The smallest absolute Gasteiger partial charge is 0.338 e. The van der Waals surface area contributed by atoms with Gasteiger partial charge in [0.2, 0.25) is 0 Å². The Hall–Kier alpha value is -2.44. The molecule has 2 rings (SSSR count). The van der Waals surface area contributed by atoms with Crippen LogP contribution in [0.25, 0.3) is 0 Å². The fourth-order valence-corrected chi connectivity index (χ4v) is 1.78. The lowest BCUT2D eigenvalue weighted by atomic mass is 10.0. The summed E-state index contributed by atoms with van der Waals surface area (Å²) in [5, 5.41) is 13.2. The molecule has 0 bridgehead atoms. The lowest BCUT2D eigenvalue weighted by Gasteiger charge is -2.04. The highest BCUT2D eigenvalue weighted by molar-refractivity contribution is 6.06. The first kappa shape index (κ1) is 11.1. The summed E-state index contributed by atoms with van der Waals surface area (Å²) in [6.07, 6.45) is 0. The minimum Gasteiger partial charge on any atom is -0.465 e. The topological polar surface area (TPSA) is 98.5 Å². The number of hydrogen-bond donors (Lipinski definition) is 1. The van der Waals surface area contributed by atoms with Crippen LogP contribution in [0.2, 0.25) is 0 Å². The van der Waals surface area contributed by atoms with E-state index in [1.807, 2.05) is 0 Å². The Morgan fingerprint density at radius 1 is 1.53 bits per heavy atom. The van der Waals surface area contributed by atoms with Crippen LogP contribution in [0, 0.1) is 10.1 Å². The summed E-state index contributed by atoms with van der Waals surface area (Å²) in [5.41, 5.74) is 0.128. The monoisotopic (exact) mass is 236 g/mol. The van der Waals surface area contributed by atoms with Crippen molar-refractivity contribution in [3.05, 3.63) is 38.9 Å². The first-order valence-corrected chi connectivity index (χ1v) is 4.73. The maximum Gasteiger partial charge on any atom is 0.338 e. The van der Waals surface area contributed by atoms with E-state index in [0.717, 1.165) is 6.07 Å². The molecule has 1 heterocycles. The second kappa shape index (κ2) is 3.85. The molecule has 0 aromatic heterocycles. The lowest BCUT2D eigenvalue weighted by molar-refractivity contribution is -0.385. The van der Waals surface area contributed by atoms with Crippen LogP contribution in [-0.4, -0.2) is 23.9 Å². The van der Waals surface area contributed by atoms with Crippen LogP contribution in [0.15, 0.2) is 12.1 Å². The van der Waals surface area contributed by atoms with Gasteiger partial charge in [0.1, 0.15) is 5.56 Å². The zero-order valence-corrected chi connectivity index (χ0v) is 8.85. The zero-order chi connectivity index (χ0) is 12.6. The summed E-state index contributed by atoms with van der Waals surface area (Å²) in [6.45, 7) is 0.0975. The number of hydrogen-bond acceptors (Lipinski definition) is 5. The van der Waals surface area contributed by atoms with Crippen LogP contribution < -0.4 is 5.32 Å². The highest BCUT2D eigenvalue weighted by atomic mass is 16.6. The van der Waals surface area contributed by atoms with Gasteiger partial charge in [-0.25, -0.2) is 4.79 Å². The molecule has 0 saturated heterocycles. The van der Waals surface area contributed by atoms with Crippen molar-refractivity contribution in [3.8, 4) is 0 Å². The van der Waals surface area contributed by atoms with Gasteiger partial charge < -0.3 is 10.1 Å². The van der Waals surface area contributed by atoms with Crippen molar-refractivity contribution < 1.29 is 19.2 Å². The van der Waals surface area contributed by atoms with E-state index in [9.17, 15) is 19.7 Å². The molecule has 0 saturated carbocycles. The molecule has 7 nitrogen and oxygen atoms in total. The van der Waals surface area contributed by atoms with Crippen molar-refractivity contribution in [1.29, 1.82) is 0 Å². The second-order valence-corrected chi connectivity index (χ2v) is 3.42. The number of amides is 1. The maximum absolute atomic E-state index is 11.5. The molecule has 1 aliphatic rings. The quantitative estimate of drug-likeness (QED) is 0.461. The zero-order valence-electron chi connectivity index (χ0n) is 8.85. The van der Waals surface area contributed by atoms with Crippen molar-refractivity contribution in [2.24, 2.45) is 0 Å². The first-order valence-electron chi connectivity index (χ1n) is 4.73. The molecule has 0 unspecified atom stereocenters. The fourth-order valence-electron chi connectivity index (χ4n) is 1.78. The number of ether oxygens (including phenoxy) is 1. The van der Waals surface area contributed by atoms with E-state index in [0.29, 0.717) is 5.56 Å². The van der Waals surface area contributed by atoms with Crippen LogP contribution in [0.5, 0.6) is 0 Å². The molecule has 0 radical (unpaired) electrons. The Bertz CT molecular complexity index is 538. The largest absolute Gasteiger partial charge is 0.465 e. The Labute approximate surface area is 95.5 Å². The summed E-state index contributed by atoms with van der Waals surface area (Å²) in [7, 11) is 1.21. The molecule has 1 amide bonds. The Morgan fingerprint density at radius 2 is 2.24 bits per heavy atom. The van der Waals surface area contributed by atoms with Gasteiger partial charge in [-0.05, 0) is 6.07 Å². The van der Waals surface area contributed by atoms with Crippen LogP contribution in [0.3, 0.4) is 0 Å². The van der Waals surface area contributed by atoms with E-state index < -0.39 is 16.8 Å². The van der Waals surface area contributed by atoms with E-state index in [2.05, 4.69) is 10.1 Å². The number of carbonyl (C=O) groups is 2. The van der Waals surface area contributed by atoms with Gasteiger partial charge in [0.05, 0.1) is 17.6 Å². The minimum absolute atomic E-state index is 0.0575. The third kappa shape index (κ3) is 1.61. The van der Waals surface area contributed by atoms with Crippen molar-refractivity contribution in [3.63, 3.8) is 0 Å². The maximum atomic E-state index is 11.5. The van der Waals surface area contributed by atoms with Crippen LogP contribution in [0.1, 0.15) is 26.3 Å². The van der Waals surface area contributed by atoms with Gasteiger partial charge >= 0.3 is 5.97 Å². The molecule has 1 aromatic carbocycles. The van der Waals surface area contributed by atoms with E-state index in [1.54, 1.807) is 0 Å². The number of nitro groups is 1. The molecule has 7 heteroatoms. The third-order valence-corrected chi connectivity index (χ3v) is 2.55. The van der Waals surface area contributed by atoms with Gasteiger partial charge in [-0.3, -0.25) is 14.9 Å². The average Bonchev–Trinajstić information content (AvgIpc) is 2.70. The highest BCUT2D eigenvalue weighted by Gasteiger charge is 2.32. The van der Waals surface area contributed by atoms with E-state index in [4.69, 9.17) is 0 Å². The van der Waals surface area contributed by atoms with Crippen molar-refractivity contribution >= 4 is 17.6 Å². The van der Waals surface area contributed by atoms with Crippen LogP contribution >= 0.6 is 0 Å². The van der Waals surface area contributed by atoms with E-state index in [-0.39, 0.29) is 23.4 Å². The van der Waals surface area contributed by atoms with Gasteiger partial charge in [0.25, 0.3) is 11.6 Å². The number of nitrogens with one attached hydrogen (secondary N) is 1. The molecule has 0 fully saturated rings. The predicted octanol–water partition coefficient (Wildman–Crippen LogP) is 0.625. The molecule has 88 valence electrons. The first-order chi connectivity index (χ1) is 8.06. The average molecular weight is 236 g/mol. The number of nitrogens with zero attached hydrogens (tertiary/aromatic N) is 1. The Kier molecular flexibility index (Phi) is 2.51. The highest BCUT2D eigenvalue weighted by Crippen LogP contribution is 2.29. The standard InChI is InChI=1S/C10H8N2O5/c1-17-10(14)5-2-3-7(12(15)16)8-6(5)4-11-9(8)13/h2-3H,4H2,1H3,(H,11,13). The van der Waals surface area contributed by atoms with Crippen molar-refractivity contribution in [2.45, 2.75) is 6.54 Å². The molecule has 1 aromatic rings. The number of benzene rings is 1. The second-order valence-electron chi connectivity index (χ2n) is 3.42. The summed E-state index contributed by atoms with van der Waals surface area (Å²) in [6, 6.07) is 2.43. The minimum atomic E-state index is -0.648. The van der Waals surface area contributed by atoms with Gasteiger partial charge in [-0.1, -0.05) is 0 Å².